The van der Waals surface area contributed by atoms with E-state index >= 15 is 0 Å². The van der Waals surface area contributed by atoms with Crippen molar-refractivity contribution in [1.29, 1.82) is 0 Å². The van der Waals surface area contributed by atoms with Gasteiger partial charge in [0.1, 0.15) is 5.75 Å². The van der Waals surface area contributed by atoms with Crippen LogP contribution in [0.4, 0.5) is 0 Å². The Hall–Kier alpha value is -3.34. The molecule has 2 aromatic carbocycles. The first-order chi connectivity index (χ1) is 15.6. The van der Waals surface area contributed by atoms with Crippen molar-refractivity contribution in [2.45, 2.75) is 38.5 Å². The molecule has 0 fully saturated rings. The van der Waals surface area contributed by atoms with Crippen LogP contribution < -0.4 is 4.74 Å². The van der Waals surface area contributed by atoms with E-state index in [0.717, 1.165) is 55.4 Å². The third-order valence-corrected chi connectivity index (χ3v) is 4.90. The van der Waals surface area contributed by atoms with Crippen molar-refractivity contribution in [3.05, 3.63) is 77.9 Å². The van der Waals surface area contributed by atoms with Crippen LogP contribution in [-0.2, 0) is 14.3 Å². The van der Waals surface area contributed by atoms with Gasteiger partial charge in [-0.1, -0.05) is 68.7 Å². The average molecular weight is 437 g/mol. The van der Waals surface area contributed by atoms with Gasteiger partial charge in [-0.15, -0.1) is 0 Å². The summed E-state index contributed by atoms with van der Waals surface area (Å²) < 4.78 is 15.5. The summed E-state index contributed by atoms with van der Waals surface area (Å²) in [6.45, 7) is 4.55. The topological polar surface area (TPSA) is 61.8 Å². The van der Waals surface area contributed by atoms with Crippen molar-refractivity contribution >= 4 is 24.1 Å². The minimum absolute atomic E-state index is 0.333. The Labute approximate surface area is 190 Å². The minimum atomic E-state index is -0.349. The largest absolute Gasteiger partial charge is 0.494 e. The van der Waals surface area contributed by atoms with E-state index in [0.29, 0.717) is 18.8 Å². The molecule has 0 aliphatic carbocycles. The highest BCUT2D eigenvalue weighted by molar-refractivity contribution is 5.89. The third-order valence-electron chi connectivity index (χ3n) is 4.90. The molecule has 0 spiro atoms. The van der Waals surface area contributed by atoms with Crippen LogP contribution >= 0.6 is 0 Å². The van der Waals surface area contributed by atoms with Gasteiger partial charge in [-0.3, -0.25) is 0 Å². The molecule has 5 heteroatoms. The first-order valence-corrected chi connectivity index (χ1v) is 11.0. The molecule has 0 aliphatic rings. The number of rotatable bonds is 14. The Morgan fingerprint density at radius 3 is 1.88 bits per heavy atom. The number of carbonyl (C=O) groups is 2. The van der Waals surface area contributed by atoms with Crippen molar-refractivity contribution in [2.75, 3.05) is 20.3 Å². The van der Waals surface area contributed by atoms with E-state index in [1.807, 2.05) is 48.6 Å². The molecular formula is C27H32O5. The predicted octanol–water partition coefficient (Wildman–Crippen LogP) is 6.09. The van der Waals surface area contributed by atoms with Crippen molar-refractivity contribution < 1.29 is 23.8 Å². The zero-order valence-corrected chi connectivity index (χ0v) is 18.8. The molecule has 32 heavy (non-hydrogen) atoms. The van der Waals surface area contributed by atoms with Crippen LogP contribution in [0.3, 0.4) is 0 Å². The normalized spacial score (nSPS) is 10.7. The van der Waals surface area contributed by atoms with E-state index < -0.39 is 0 Å². The van der Waals surface area contributed by atoms with Gasteiger partial charge >= 0.3 is 11.9 Å². The molecule has 0 atom stereocenters. The van der Waals surface area contributed by atoms with E-state index in [4.69, 9.17) is 14.2 Å². The Kier molecular flexibility index (Phi) is 11.4. The molecule has 0 amide bonds. The lowest BCUT2D eigenvalue weighted by Crippen LogP contribution is -2.01. The van der Waals surface area contributed by atoms with E-state index in [2.05, 4.69) is 6.58 Å². The molecule has 0 aliphatic heterocycles. The molecule has 0 saturated carbocycles. The predicted molar refractivity (Wildman–Crippen MR) is 128 cm³/mol. The molecule has 0 aromatic heterocycles. The molecule has 0 N–H and O–H groups in total. The number of ether oxygens (including phenoxy) is 3. The van der Waals surface area contributed by atoms with Gasteiger partial charge in [-0.2, -0.15) is 0 Å². The van der Waals surface area contributed by atoms with Gasteiger partial charge in [0.2, 0.25) is 0 Å². The highest BCUT2D eigenvalue weighted by atomic mass is 16.5. The summed E-state index contributed by atoms with van der Waals surface area (Å²) in [4.78, 5) is 22.4. The van der Waals surface area contributed by atoms with Gasteiger partial charge in [0.05, 0.1) is 25.9 Å². The fraction of sp³-hybridized carbons (Fsp3) is 0.333. The smallest absolute Gasteiger partial charge is 0.337 e. The molecule has 0 bridgehead atoms. The summed E-state index contributed by atoms with van der Waals surface area (Å²) in [6.07, 6.45) is 11.6. The maximum atomic E-state index is 11.5. The lowest BCUT2D eigenvalue weighted by Gasteiger charge is -2.07. The van der Waals surface area contributed by atoms with Crippen LogP contribution in [0.2, 0.25) is 0 Å². The second-order valence-electron chi connectivity index (χ2n) is 7.36. The first-order valence-electron chi connectivity index (χ1n) is 11.0. The molecule has 0 saturated heterocycles. The molecule has 0 unspecified atom stereocenters. The van der Waals surface area contributed by atoms with Crippen molar-refractivity contribution in [3.63, 3.8) is 0 Å². The van der Waals surface area contributed by atoms with Crippen LogP contribution in [0.25, 0.3) is 12.2 Å². The van der Waals surface area contributed by atoms with E-state index in [1.54, 1.807) is 12.1 Å². The first kappa shape index (κ1) is 24.9. The maximum Gasteiger partial charge on any atom is 0.337 e. The highest BCUT2D eigenvalue weighted by Gasteiger charge is 2.03. The minimum Gasteiger partial charge on any atom is -0.494 e. The van der Waals surface area contributed by atoms with Crippen LogP contribution in [0.15, 0.2) is 61.2 Å². The number of hydrogen-bond donors (Lipinski definition) is 0. The summed E-state index contributed by atoms with van der Waals surface area (Å²) in [7, 11) is 1.38. The monoisotopic (exact) mass is 436 g/mol. The zero-order valence-electron chi connectivity index (χ0n) is 18.8. The molecular weight excluding hydrogens is 404 g/mol. The van der Waals surface area contributed by atoms with Gasteiger partial charge in [0.15, 0.2) is 0 Å². The van der Waals surface area contributed by atoms with Gasteiger partial charge in [0, 0.05) is 6.08 Å². The molecule has 170 valence electrons. The Balaban J connectivity index is 1.60. The fourth-order valence-corrected chi connectivity index (χ4v) is 3.05. The number of benzene rings is 2. The molecule has 0 heterocycles. The quantitative estimate of drug-likeness (QED) is 0.155. The molecule has 0 radical (unpaired) electrons. The summed E-state index contributed by atoms with van der Waals surface area (Å²) >= 11 is 0. The van der Waals surface area contributed by atoms with Crippen molar-refractivity contribution in [2.24, 2.45) is 0 Å². The van der Waals surface area contributed by atoms with E-state index in [-0.39, 0.29) is 11.9 Å². The number of carbonyl (C=O) groups excluding carboxylic acids is 2. The van der Waals surface area contributed by atoms with Gasteiger partial charge in [-0.05, 0) is 48.2 Å². The summed E-state index contributed by atoms with van der Waals surface area (Å²) in [5, 5.41) is 0. The van der Waals surface area contributed by atoms with E-state index in [1.165, 1.54) is 13.2 Å². The number of methoxy groups -OCH3 is 1. The average Bonchev–Trinajstić information content (AvgIpc) is 2.84. The van der Waals surface area contributed by atoms with Crippen LogP contribution in [0, 0.1) is 0 Å². The second kappa shape index (κ2) is 14.6. The van der Waals surface area contributed by atoms with Crippen LogP contribution in [-0.4, -0.2) is 32.3 Å². The standard InChI is InChI=1S/C27H32O5/c1-3-26(28)32-21-9-7-5-4-6-8-20-31-25-18-14-23(15-19-25)11-10-22-12-16-24(17-13-22)27(29)30-2/h3,10-19H,1,4-9,20-21H2,2H3. The Morgan fingerprint density at radius 1 is 0.781 bits per heavy atom. The Bertz CT molecular complexity index is 866. The summed E-state index contributed by atoms with van der Waals surface area (Å²) in [5.41, 5.74) is 2.63. The maximum absolute atomic E-state index is 11.5. The molecule has 5 nitrogen and oxygen atoms in total. The van der Waals surface area contributed by atoms with Crippen molar-refractivity contribution in [3.8, 4) is 5.75 Å². The lowest BCUT2D eigenvalue weighted by molar-refractivity contribution is -0.137. The van der Waals surface area contributed by atoms with Crippen LogP contribution in [0.1, 0.15) is 60.0 Å². The Morgan fingerprint density at radius 2 is 1.31 bits per heavy atom. The SMILES string of the molecule is C=CC(=O)OCCCCCCCCOc1ccc(C=Cc2ccc(C(=O)OC)cc2)cc1. The molecule has 2 rings (SSSR count). The second-order valence-corrected chi connectivity index (χ2v) is 7.36. The summed E-state index contributed by atoms with van der Waals surface area (Å²) in [5.74, 6) is 0.187. The van der Waals surface area contributed by atoms with Gasteiger partial charge in [-0.25, -0.2) is 9.59 Å². The number of unbranched alkanes of at least 4 members (excludes halogenated alkanes) is 5. The fourth-order valence-electron chi connectivity index (χ4n) is 3.05. The lowest BCUT2D eigenvalue weighted by atomic mass is 10.1. The van der Waals surface area contributed by atoms with Crippen LogP contribution in [0.5, 0.6) is 5.75 Å². The van der Waals surface area contributed by atoms with Gasteiger partial charge < -0.3 is 14.2 Å². The molecule has 2 aromatic rings. The van der Waals surface area contributed by atoms with E-state index in [9.17, 15) is 9.59 Å². The number of hydrogen-bond acceptors (Lipinski definition) is 5. The van der Waals surface area contributed by atoms with Crippen molar-refractivity contribution in [1.82, 2.24) is 0 Å². The van der Waals surface area contributed by atoms with Gasteiger partial charge in [0.25, 0.3) is 0 Å². The summed E-state index contributed by atoms with van der Waals surface area (Å²) in [6, 6.07) is 15.3. The zero-order chi connectivity index (χ0) is 23.0. The third kappa shape index (κ3) is 9.65. The number of esters is 2. The highest BCUT2D eigenvalue weighted by Crippen LogP contribution is 2.16.